The van der Waals surface area contributed by atoms with Crippen molar-refractivity contribution in [2.24, 2.45) is 5.92 Å². The molecule has 1 fully saturated rings. The number of hydrogen-bond acceptors (Lipinski definition) is 2. The second-order valence-electron chi connectivity index (χ2n) is 4.87. The SMILES string of the molecule is N#CC1CCCCCC1Nc1c(F)cc(Br)cc1F. The topological polar surface area (TPSA) is 35.8 Å². The first-order chi connectivity index (χ1) is 9.11. The predicted octanol–water partition coefficient (Wildman–Crippen LogP) is 4.61. The fraction of sp³-hybridized carbons (Fsp3) is 0.500. The van der Waals surface area contributed by atoms with E-state index in [4.69, 9.17) is 5.26 Å². The summed E-state index contributed by atoms with van der Waals surface area (Å²) in [6, 6.07) is 4.52. The highest BCUT2D eigenvalue weighted by atomic mass is 79.9. The number of rotatable bonds is 2. The van der Waals surface area contributed by atoms with Crippen molar-refractivity contribution in [3.8, 4) is 6.07 Å². The molecule has 1 saturated carbocycles. The lowest BCUT2D eigenvalue weighted by atomic mass is 9.96. The van der Waals surface area contributed by atoms with E-state index in [9.17, 15) is 8.78 Å². The first kappa shape index (κ1) is 14.3. The third-order valence-corrected chi connectivity index (χ3v) is 3.98. The molecular formula is C14H15BrF2N2. The first-order valence-corrected chi connectivity index (χ1v) is 7.22. The molecule has 1 aromatic carbocycles. The molecule has 0 aliphatic heterocycles. The van der Waals surface area contributed by atoms with Crippen molar-refractivity contribution in [2.45, 2.75) is 38.1 Å². The van der Waals surface area contributed by atoms with Gasteiger partial charge in [0.1, 0.15) is 17.3 Å². The number of nitrogens with one attached hydrogen (secondary N) is 1. The third-order valence-electron chi connectivity index (χ3n) is 3.52. The molecule has 2 atom stereocenters. The van der Waals surface area contributed by atoms with Crippen molar-refractivity contribution < 1.29 is 8.78 Å². The van der Waals surface area contributed by atoms with Crippen molar-refractivity contribution in [2.75, 3.05) is 5.32 Å². The van der Waals surface area contributed by atoms with E-state index in [1.807, 2.05) is 0 Å². The fourth-order valence-corrected chi connectivity index (χ4v) is 2.90. The van der Waals surface area contributed by atoms with Gasteiger partial charge in [0, 0.05) is 10.5 Å². The second kappa shape index (κ2) is 6.33. The van der Waals surface area contributed by atoms with Crippen LogP contribution < -0.4 is 5.32 Å². The standard InChI is InChI=1S/C14H15BrF2N2/c15-10-6-11(16)14(12(17)7-10)19-13-5-3-1-2-4-9(13)8-18/h6-7,9,13,19H,1-5H2. The maximum absolute atomic E-state index is 13.8. The van der Waals surface area contributed by atoms with Crippen LogP contribution in [0, 0.1) is 28.9 Å². The summed E-state index contributed by atoms with van der Waals surface area (Å²) in [5, 5.41) is 12.1. The van der Waals surface area contributed by atoms with Gasteiger partial charge in [-0.25, -0.2) is 8.78 Å². The largest absolute Gasteiger partial charge is 0.376 e. The summed E-state index contributed by atoms with van der Waals surface area (Å²) in [5.41, 5.74) is -0.129. The highest BCUT2D eigenvalue weighted by Gasteiger charge is 2.25. The van der Waals surface area contributed by atoms with Gasteiger partial charge in [-0.05, 0) is 25.0 Å². The van der Waals surface area contributed by atoms with Crippen LogP contribution in [0.3, 0.4) is 0 Å². The van der Waals surface area contributed by atoms with Crippen LogP contribution in [0.25, 0.3) is 0 Å². The zero-order valence-electron chi connectivity index (χ0n) is 10.4. The van der Waals surface area contributed by atoms with Gasteiger partial charge in [-0.2, -0.15) is 5.26 Å². The number of hydrogen-bond donors (Lipinski definition) is 1. The molecule has 1 aliphatic carbocycles. The van der Waals surface area contributed by atoms with Crippen LogP contribution in [-0.4, -0.2) is 6.04 Å². The molecule has 2 unspecified atom stereocenters. The molecule has 0 radical (unpaired) electrons. The molecule has 1 aromatic rings. The summed E-state index contributed by atoms with van der Waals surface area (Å²) in [6.45, 7) is 0. The molecule has 0 bridgehead atoms. The summed E-state index contributed by atoms with van der Waals surface area (Å²) < 4.78 is 27.9. The van der Waals surface area contributed by atoms with E-state index < -0.39 is 11.6 Å². The molecule has 2 nitrogen and oxygen atoms in total. The molecule has 0 spiro atoms. The Bertz CT molecular complexity index is 476. The molecule has 1 aliphatic rings. The van der Waals surface area contributed by atoms with E-state index in [2.05, 4.69) is 27.3 Å². The van der Waals surface area contributed by atoms with Gasteiger partial charge in [-0.15, -0.1) is 0 Å². The van der Waals surface area contributed by atoms with Gasteiger partial charge < -0.3 is 5.32 Å². The maximum Gasteiger partial charge on any atom is 0.150 e. The number of nitrogens with zero attached hydrogens (tertiary/aromatic N) is 1. The molecule has 0 heterocycles. The molecule has 0 amide bonds. The Morgan fingerprint density at radius 3 is 2.42 bits per heavy atom. The summed E-state index contributed by atoms with van der Waals surface area (Å²) in [4.78, 5) is 0. The second-order valence-corrected chi connectivity index (χ2v) is 5.78. The molecule has 0 aromatic heterocycles. The van der Waals surface area contributed by atoms with Crippen molar-refractivity contribution in [1.82, 2.24) is 0 Å². The summed E-state index contributed by atoms with van der Waals surface area (Å²) in [5.74, 6) is -1.45. The zero-order chi connectivity index (χ0) is 13.8. The van der Waals surface area contributed by atoms with Crippen LogP contribution in [0.5, 0.6) is 0 Å². The van der Waals surface area contributed by atoms with E-state index in [1.165, 1.54) is 12.1 Å². The predicted molar refractivity (Wildman–Crippen MR) is 73.7 cm³/mol. The van der Waals surface area contributed by atoms with Crippen molar-refractivity contribution in [1.29, 1.82) is 5.26 Å². The van der Waals surface area contributed by atoms with E-state index in [0.717, 1.165) is 32.1 Å². The van der Waals surface area contributed by atoms with Crippen molar-refractivity contribution >= 4 is 21.6 Å². The molecule has 0 saturated heterocycles. The lowest BCUT2D eigenvalue weighted by Gasteiger charge is -2.22. The van der Waals surface area contributed by atoms with Crippen LogP contribution in [0.1, 0.15) is 32.1 Å². The van der Waals surface area contributed by atoms with Gasteiger partial charge in [0.05, 0.1) is 12.0 Å². The average molecular weight is 329 g/mol. The van der Waals surface area contributed by atoms with Gasteiger partial charge in [0.15, 0.2) is 0 Å². The number of nitriles is 1. The van der Waals surface area contributed by atoms with Gasteiger partial charge in [-0.1, -0.05) is 35.2 Å². The monoisotopic (exact) mass is 328 g/mol. The lowest BCUT2D eigenvalue weighted by molar-refractivity contribution is 0.503. The van der Waals surface area contributed by atoms with Crippen LogP contribution in [0.2, 0.25) is 0 Å². The minimum Gasteiger partial charge on any atom is -0.376 e. The first-order valence-electron chi connectivity index (χ1n) is 6.42. The van der Waals surface area contributed by atoms with E-state index in [-0.39, 0.29) is 17.6 Å². The molecule has 102 valence electrons. The van der Waals surface area contributed by atoms with Gasteiger partial charge in [0.2, 0.25) is 0 Å². The van der Waals surface area contributed by atoms with Crippen LogP contribution >= 0.6 is 15.9 Å². The molecule has 5 heteroatoms. The Morgan fingerprint density at radius 2 is 1.79 bits per heavy atom. The Kier molecular flexibility index (Phi) is 4.76. The van der Waals surface area contributed by atoms with Crippen LogP contribution in [-0.2, 0) is 0 Å². The van der Waals surface area contributed by atoms with Gasteiger partial charge in [0.25, 0.3) is 0 Å². The zero-order valence-corrected chi connectivity index (χ0v) is 12.0. The maximum atomic E-state index is 13.8. The number of halogens is 3. The Hall–Kier alpha value is -1.15. The van der Waals surface area contributed by atoms with Gasteiger partial charge in [-0.3, -0.25) is 0 Å². The highest BCUT2D eigenvalue weighted by Crippen LogP contribution is 2.29. The minimum absolute atomic E-state index is 0.129. The van der Waals surface area contributed by atoms with E-state index in [0.29, 0.717) is 4.47 Å². The smallest absolute Gasteiger partial charge is 0.150 e. The van der Waals surface area contributed by atoms with Gasteiger partial charge >= 0.3 is 0 Å². The van der Waals surface area contributed by atoms with Crippen LogP contribution in [0.4, 0.5) is 14.5 Å². The highest BCUT2D eigenvalue weighted by molar-refractivity contribution is 9.10. The lowest BCUT2D eigenvalue weighted by Crippen LogP contribution is -2.28. The molecule has 19 heavy (non-hydrogen) atoms. The summed E-state index contributed by atoms with van der Waals surface area (Å²) in [6.07, 6.45) is 4.61. The van der Waals surface area contributed by atoms with Crippen molar-refractivity contribution in [3.63, 3.8) is 0 Å². The van der Waals surface area contributed by atoms with Crippen molar-refractivity contribution in [3.05, 3.63) is 28.2 Å². The normalized spacial score (nSPS) is 23.5. The molecule has 1 N–H and O–H groups in total. The van der Waals surface area contributed by atoms with Crippen LogP contribution in [0.15, 0.2) is 16.6 Å². The molecule has 2 rings (SSSR count). The average Bonchev–Trinajstić information content (AvgIpc) is 2.58. The summed E-state index contributed by atoms with van der Waals surface area (Å²) >= 11 is 3.05. The Labute approximate surface area is 119 Å². The molecular weight excluding hydrogens is 314 g/mol. The third kappa shape index (κ3) is 3.44. The fourth-order valence-electron chi connectivity index (χ4n) is 2.50. The minimum atomic E-state index is -0.632. The quantitative estimate of drug-likeness (QED) is 0.804. The number of benzene rings is 1. The van der Waals surface area contributed by atoms with E-state index in [1.54, 1.807) is 0 Å². The van der Waals surface area contributed by atoms with E-state index >= 15 is 0 Å². The Morgan fingerprint density at radius 1 is 1.16 bits per heavy atom. The Balaban J connectivity index is 2.22. The summed E-state index contributed by atoms with van der Waals surface area (Å²) in [7, 11) is 0. The number of anilines is 1.